The largest absolute Gasteiger partial charge is 0.481 e. The Morgan fingerprint density at radius 2 is 1.81 bits per heavy atom. The van der Waals surface area contributed by atoms with Crippen LogP contribution < -0.4 is 4.74 Å². The van der Waals surface area contributed by atoms with Crippen molar-refractivity contribution in [1.29, 1.82) is 5.26 Å². The number of piperidine rings is 1. The van der Waals surface area contributed by atoms with Gasteiger partial charge in [-0.15, -0.1) is 0 Å². The second kappa shape index (κ2) is 9.52. The monoisotopic (exact) mass is 493 g/mol. The van der Waals surface area contributed by atoms with Gasteiger partial charge in [0.1, 0.15) is 6.07 Å². The Hall–Kier alpha value is -4.49. The molecule has 1 aliphatic rings. The molecule has 10 heteroatoms. The van der Waals surface area contributed by atoms with E-state index >= 15 is 0 Å². The fourth-order valence-electron chi connectivity index (χ4n) is 5.05. The fourth-order valence-corrected chi connectivity index (χ4v) is 5.05. The summed E-state index contributed by atoms with van der Waals surface area (Å²) in [5, 5.41) is 23.2. The highest BCUT2D eigenvalue weighted by Crippen LogP contribution is 2.33. The van der Waals surface area contributed by atoms with Gasteiger partial charge in [0.2, 0.25) is 5.88 Å². The Labute approximate surface area is 214 Å². The molecule has 10 nitrogen and oxygen atoms in total. The first kappa shape index (κ1) is 22.9. The number of likely N-dealkylation sites (tertiary alicyclic amines) is 1. The molecule has 1 saturated heterocycles. The Morgan fingerprint density at radius 1 is 0.973 bits per heavy atom. The summed E-state index contributed by atoms with van der Waals surface area (Å²) in [6, 6.07) is 8.69. The summed E-state index contributed by atoms with van der Waals surface area (Å²) in [6.45, 7) is 2.87. The first-order chi connectivity index (χ1) is 18.1. The summed E-state index contributed by atoms with van der Waals surface area (Å²) in [7, 11) is 3.53. The van der Waals surface area contributed by atoms with Gasteiger partial charge in [0.25, 0.3) is 0 Å². The SMILES string of the molecule is COc1ccc(CN2CCC(n3cc(-c4cc(-c5cnn(C)c5)cn5ncc(C#N)c45)cn3)CC2)cn1. The van der Waals surface area contributed by atoms with Crippen LogP contribution in [0.1, 0.15) is 30.0 Å². The number of pyridine rings is 2. The molecule has 5 aromatic rings. The summed E-state index contributed by atoms with van der Waals surface area (Å²) < 4.78 is 10.8. The summed E-state index contributed by atoms with van der Waals surface area (Å²) in [4.78, 5) is 6.77. The van der Waals surface area contributed by atoms with Gasteiger partial charge in [-0.05, 0) is 24.5 Å². The van der Waals surface area contributed by atoms with E-state index < -0.39 is 0 Å². The first-order valence-corrected chi connectivity index (χ1v) is 12.3. The van der Waals surface area contributed by atoms with Crippen LogP contribution in [0, 0.1) is 11.3 Å². The van der Waals surface area contributed by atoms with Crippen molar-refractivity contribution in [2.24, 2.45) is 7.05 Å². The van der Waals surface area contributed by atoms with E-state index in [2.05, 4.69) is 49.2 Å². The van der Waals surface area contributed by atoms with E-state index in [0.717, 1.165) is 60.2 Å². The number of aromatic nitrogens is 7. The molecular formula is C27H27N9O. The van der Waals surface area contributed by atoms with Crippen LogP contribution in [0.25, 0.3) is 27.8 Å². The first-order valence-electron chi connectivity index (χ1n) is 12.3. The lowest BCUT2D eigenvalue weighted by Crippen LogP contribution is -2.34. The third kappa shape index (κ3) is 4.45. The van der Waals surface area contributed by atoms with Crippen molar-refractivity contribution in [2.75, 3.05) is 20.2 Å². The van der Waals surface area contributed by atoms with Gasteiger partial charge in [-0.2, -0.15) is 20.6 Å². The molecule has 0 amide bonds. The topological polar surface area (TPSA) is 102 Å². The van der Waals surface area contributed by atoms with Crippen LogP contribution in [-0.4, -0.2) is 59.3 Å². The minimum absolute atomic E-state index is 0.330. The van der Waals surface area contributed by atoms with Crippen molar-refractivity contribution < 1.29 is 4.74 Å². The Bertz CT molecular complexity index is 1580. The minimum Gasteiger partial charge on any atom is -0.481 e. The predicted molar refractivity (Wildman–Crippen MR) is 138 cm³/mol. The molecule has 0 atom stereocenters. The van der Waals surface area contributed by atoms with Crippen molar-refractivity contribution in [1.82, 2.24) is 39.1 Å². The smallest absolute Gasteiger partial charge is 0.212 e. The molecule has 0 N–H and O–H groups in total. The Balaban J connectivity index is 1.23. The average Bonchev–Trinajstić information content (AvgIpc) is 3.69. The van der Waals surface area contributed by atoms with E-state index in [1.165, 1.54) is 5.56 Å². The van der Waals surface area contributed by atoms with Gasteiger partial charge in [0, 0.05) is 79.8 Å². The highest BCUT2D eigenvalue weighted by Gasteiger charge is 2.23. The maximum absolute atomic E-state index is 9.70. The molecule has 0 unspecified atom stereocenters. The quantitative estimate of drug-likeness (QED) is 0.355. The second-order valence-electron chi connectivity index (χ2n) is 9.43. The van der Waals surface area contributed by atoms with Gasteiger partial charge in [-0.1, -0.05) is 6.07 Å². The molecule has 6 heterocycles. The lowest BCUT2D eigenvalue weighted by Gasteiger charge is -2.32. The predicted octanol–water partition coefficient (Wildman–Crippen LogP) is 3.71. The van der Waals surface area contributed by atoms with Crippen LogP contribution in [0.2, 0.25) is 0 Å². The molecule has 0 spiro atoms. The highest BCUT2D eigenvalue weighted by molar-refractivity contribution is 5.87. The average molecular weight is 494 g/mol. The van der Waals surface area contributed by atoms with E-state index in [1.54, 1.807) is 22.5 Å². The van der Waals surface area contributed by atoms with E-state index in [9.17, 15) is 5.26 Å². The maximum Gasteiger partial charge on any atom is 0.212 e. The van der Waals surface area contributed by atoms with Crippen LogP contribution in [0.5, 0.6) is 5.88 Å². The number of aryl methyl sites for hydroxylation is 1. The zero-order chi connectivity index (χ0) is 25.4. The molecule has 37 heavy (non-hydrogen) atoms. The third-order valence-electron chi connectivity index (χ3n) is 7.03. The molecule has 6 rings (SSSR count). The molecule has 1 aliphatic heterocycles. The second-order valence-corrected chi connectivity index (χ2v) is 9.43. The number of nitrogens with zero attached hydrogens (tertiary/aromatic N) is 9. The summed E-state index contributed by atoms with van der Waals surface area (Å²) in [6.07, 6.45) is 15.3. The molecule has 186 valence electrons. The minimum atomic E-state index is 0.330. The number of methoxy groups -OCH3 is 1. The van der Waals surface area contributed by atoms with Crippen molar-refractivity contribution in [2.45, 2.75) is 25.4 Å². The molecule has 0 radical (unpaired) electrons. The van der Waals surface area contributed by atoms with Gasteiger partial charge >= 0.3 is 0 Å². The van der Waals surface area contributed by atoms with Crippen molar-refractivity contribution in [3.63, 3.8) is 0 Å². The normalized spacial score (nSPS) is 14.7. The number of rotatable bonds is 6. The molecule has 5 aromatic heterocycles. The van der Waals surface area contributed by atoms with Crippen LogP contribution in [0.3, 0.4) is 0 Å². The molecule has 0 bridgehead atoms. The zero-order valence-electron chi connectivity index (χ0n) is 20.8. The van der Waals surface area contributed by atoms with E-state index in [1.807, 2.05) is 44.1 Å². The van der Waals surface area contributed by atoms with Crippen molar-refractivity contribution >= 4 is 5.52 Å². The fraction of sp³-hybridized carbons (Fsp3) is 0.296. The number of fused-ring (bicyclic) bond motifs is 1. The van der Waals surface area contributed by atoms with Crippen LogP contribution >= 0.6 is 0 Å². The molecule has 1 fully saturated rings. The number of ether oxygens (including phenoxy) is 1. The van der Waals surface area contributed by atoms with Gasteiger partial charge in [0.05, 0.1) is 42.8 Å². The maximum atomic E-state index is 9.70. The Morgan fingerprint density at radius 3 is 2.51 bits per heavy atom. The molecule has 0 aromatic carbocycles. The lowest BCUT2D eigenvalue weighted by atomic mass is 10.0. The molecular weight excluding hydrogens is 466 g/mol. The summed E-state index contributed by atoms with van der Waals surface area (Å²) in [5.74, 6) is 0.637. The standard InChI is InChI=1S/C27H27N9O/c1-33-16-22(13-30-33)20-9-25(27-21(10-28)12-32-36(27)17-20)23-14-31-35(18-23)24-5-7-34(8-6-24)15-19-3-4-26(37-2)29-11-19/h3-4,9,11-14,16-18,24H,5-8,15H2,1-2H3. The van der Waals surface area contributed by atoms with Crippen molar-refractivity contribution in [3.8, 4) is 34.2 Å². The van der Waals surface area contributed by atoms with Gasteiger partial charge in [-0.3, -0.25) is 14.3 Å². The molecule has 0 saturated carbocycles. The summed E-state index contributed by atoms with van der Waals surface area (Å²) in [5.41, 5.74) is 6.40. The number of nitriles is 1. The van der Waals surface area contributed by atoms with Crippen LogP contribution in [0.4, 0.5) is 0 Å². The zero-order valence-corrected chi connectivity index (χ0v) is 20.8. The Kier molecular flexibility index (Phi) is 5.90. The van der Waals surface area contributed by atoms with Gasteiger partial charge < -0.3 is 4.74 Å². The number of hydrogen-bond donors (Lipinski definition) is 0. The van der Waals surface area contributed by atoms with Crippen LogP contribution in [0.15, 0.2) is 61.6 Å². The lowest BCUT2D eigenvalue weighted by molar-refractivity contribution is 0.173. The highest BCUT2D eigenvalue weighted by atomic mass is 16.5. The van der Waals surface area contributed by atoms with E-state index in [-0.39, 0.29) is 0 Å². The van der Waals surface area contributed by atoms with E-state index in [0.29, 0.717) is 17.5 Å². The summed E-state index contributed by atoms with van der Waals surface area (Å²) >= 11 is 0. The third-order valence-corrected chi connectivity index (χ3v) is 7.03. The van der Waals surface area contributed by atoms with Gasteiger partial charge in [0.15, 0.2) is 0 Å². The van der Waals surface area contributed by atoms with E-state index in [4.69, 9.17) is 9.84 Å². The molecule has 0 aliphatic carbocycles. The van der Waals surface area contributed by atoms with Crippen LogP contribution in [-0.2, 0) is 13.6 Å². The number of hydrogen-bond acceptors (Lipinski definition) is 7. The van der Waals surface area contributed by atoms with Gasteiger partial charge in [-0.25, -0.2) is 9.50 Å². The van der Waals surface area contributed by atoms with Crippen molar-refractivity contribution in [3.05, 3.63) is 72.7 Å².